The van der Waals surface area contributed by atoms with Crippen molar-refractivity contribution < 1.29 is 0 Å². The van der Waals surface area contributed by atoms with Crippen LogP contribution in [-0.2, 0) is 13.0 Å². The van der Waals surface area contributed by atoms with Crippen molar-refractivity contribution in [1.29, 1.82) is 0 Å². The van der Waals surface area contributed by atoms with Gasteiger partial charge in [0.05, 0.1) is 11.4 Å². The van der Waals surface area contributed by atoms with Crippen molar-refractivity contribution in [1.82, 2.24) is 20.1 Å². The third kappa shape index (κ3) is 3.71. The molecule has 0 fully saturated rings. The van der Waals surface area contributed by atoms with Gasteiger partial charge in [0.2, 0.25) is 0 Å². The van der Waals surface area contributed by atoms with Crippen LogP contribution in [0.4, 0.5) is 0 Å². The maximum absolute atomic E-state index is 4.90. The molecule has 2 aromatic heterocycles. The zero-order valence-corrected chi connectivity index (χ0v) is 16.3. The number of hydrogen-bond donors (Lipinski definition) is 1. The van der Waals surface area contributed by atoms with Crippen molar-refractivity contribution in [2.45, 2.75) is 31.8 Å². The number of hydrogen-bond acceptors (Lipinski definition) is 3. The number of nitrogens with one attached hydrogen (secondary N) is 1. The van der Waals surface area contributed by atoms with Gasteiger partial charge in [-0.3, -0.25) is 4.98 Å². The lowest BCUT2D eigenvalue weighted by Crippen LogP contribution is -2.24. The number of aromatic nitrogens is 3. The SMILES string of the molecule is c1ccc(-n2cc(CN[C@@H]3CCCc4ccccc43)c(-c3cccnc3)n2)cc1. The van der Waals surface area contributed by atoms with E-state index in [1.807, 2.05) is 35.1 Å². The molecule has 29 heavy (non-hydrogen) atoms. The van der Waals surface area contributed by atoms with Gasteiger partial charge in [-0.2, -0.15) is 5.10 Å². The molecule has 0 spiro atoms. The van der Waals surface area contributed by atoms with Crippen LogP contribution in [0.25, 0.3) is 16.9 Å². The minimum Gasteiger partial charge on any atom is -0.306 e. The molecule has 1 aliphatic carbocycles. The Bertz CT molecular complexity index is 1090. The van der Waals surface area contributed by atoms with E-state index in [1.165, 1.54) is 36.0 Å². The Morgan fingerprint density at radius 1 is 0.966 bits per heavy atom. The van der Waals surface area contributed by atoms with Gasteiger partial charge in [-0.25, -0.2) is 4.68 Å². The van der Waals surface area contributed by atoms with Crippen LogP contribution in [0.1, 0.15) is 35.6 Å². The fourth-order valence-electron chi connectivity index (χ4n) is 4.20. The van der Waals surface area contributed by atoms with Crippen LogP contribution in [-0.4, -0.2) is 14.8 Å². The second-order valence-electron chi connectivity index (χ2n) is 7.55. The van der Waals surface area contributed by atoms with E-state index in [9.17, 15) is 0 Å². The fourth-order valence-corrected chi connectivity index (χ4v) is 4.20. The number of benzene rings is 2. The zero-order chi connectivity index (χ0) is 19.5. The maximum atomic E-state index is 4.90. The Labute approximate surface area is 171 Å². The first-order chi connectivity index (χ1) is 14.4. The molecule has 2 aromatic carbocycles. The first-order valence-corrected chi connectivity index (χ1v) is 10.2. The first-order valence-electron chi connectivity index (χ1n) is 10.2. The lowest BCUT2D eigenvalue weighted by atomic mass is 9.87. The normalized spacial score (nSPS) is 15.8. The number of fused-ring (bicyclic) bond motifs is 1. The zero-order valence-electron chi connectivity index (χ0n) is 16.3. The smallest absolute Gasteiger partial charge is 0.0988 e. The molecule has 0 unspecified atom stereocenters. The van der Waals surface area contributed by atoms with Gasteiger partial charge in [0.25, 0.3) is 0 Å². The summed E-state index contributed by atoms with van der Waals surface area (Å²) in [5, 5.41) is 8.69. The largest absolute Gasteiger partial charge is 0.306 e. The number of pyridine rings is 1. The van der Waals surface area contributed by atoms with Gasteiger partial charge in [0.15, 0.2) is 0 Å². The highest BCUT2D eigenvalue weighted by atomic mass is 15.3. The molecule has 1 N–H and O–H groups in total. The highest BCUT2D eigenvalue weighted by Crippen LogP contribution is 2.30. The molecule has 1 aliphatic rings. The first kappa shape index (κ1) is 17.8. The molecule has 4 heteroatoms. The Balaban J connectivity index is 1.46. The van der Waals surface area contributed by atoms with Crippen LogP contribution in [0.15, 0.2) is 85.3 Å². The summed E-state index contributed by atoms with van der Waals surface area (Å²) in [7, 11) is 0. The van der Waals surface area contributed by atoms with Crippen molar-refractivity contribution in [2.24, 2.45) is 0 Å². The monoisotopic (exact) mass is 380 g/mol. The standard InChI is InChI=1S/C25H24N4/c1-2-11-22(12-3-1)29-18-21(25(28-29)20-10-7-15-26-16-20)17-27-24-14-6-9-19-8-4-5-13-23(19)24/h1-5,7-8,10-13,15-16,18,24,27H,6,9,14,17H2/t24-/m1/s1. The molecule has 1 atom stereocenters. The Hall–Kier alpha value is -3.24. The lowest BCUT2D eigenvalue weighted by molar-refractivity contribution is 0.459. The van der Waals surface area contributed by atoms with E-state index in [1.54, 1.807) is 6.20 Å². The molecule has 4 aromatic rings. The van der Waals surface area contributed by atoms with Gasteiger partial charge in [-0.1, -0.05) is 42.5 Å². The molecule has 0 saturated heterocycles. The van der Waals surface area contributed by atoms with Crippen LogP contribution < -0.4 is 5.32 Å². The lowest BCUT2D eigenvalue weighted by Gasteiger charge is -2.26. The van der Waals surface area contributed by atoms with Crippen molar-refractivity contribution >= 4 is 0 Å². The van der Waals surface area contributed by atoms with Gasteiger partial charge in [-0.05, 0) is 54.7 Å². The average Bonchev–Trinajstić information content (AvgIpc) is 3.23. The van der Waals surface area contributed by atoms with Crippen LogP contribution in [0.2, 0.25) is 0 Å². The Kier molecular flexibility index (Phi) is 4.93. The van der Waals surface area contributed by atoms with Crippen molar-refractivity contribution in [3.05, 3.63) is 102 Å². The fraction of sp³-hybridized carbons (Fsp3) is 0.200. The summed E-state index contributed by atoms with van der Waals surface area (Å²) in [5.41, 5.74) is 7.19. The summed E-state index contributed by atoms with van der Waals surface area (Å²) in [5.74, 6) is 0. The van der Waals surface area contributed by atoms with Gasteiger partial charge >= 0.3 is 0 Å². The van der Waals surface area contributed by atoms with E-state index in [4.69, 9.17) is 5.10 Å². The van der Waals surface area contributed by atoms with E-state index in [2.05, 4.69) is 59.0 Å². The summed E-state index contributed by atoms with van der Waals surface area (Å²) in [4.78, 5) is 4.29. The third-order valence-corrected chi connectivity index (χ3v) is 5.65. The summed E-state index contributed by atoms with van der Waals surface area (Å²) < 4.78 is 1.97. The molecule has 0 amide bonds. The molecule has 0 saturated carbocycles. The van der Waals surface area contributed by atoms with Crippen molar-refractivity contribution in [3.63, 3.8) is 0 Å². The summed E-state index contributed by atoms with van der Waals surface area (Å²) in [6.45, 7) is 0.774. The van der Waals surface area contributed by atoms with Crippen LogP contribution >= 0.6 is 0 Å². The summed E-state index contributed by atoms with van der Waals surface area (Å²) in [6.07, 6.45) is 9.41. The molecule has 0 aliphatic heterocycles. The van der Waals surface area contributed by atoms with E-state index >= 15 is 0 Å². The second kappa shape index (κ2) is 8.02. The van der Waals surface area contributed by atoms with Gasteiger partial charge in [0.1, 0.15) is 0 Å². The molecule has 2 heterocycles. The van der Waals surface area contributed by atoms with E-state index < -0.39 is 0 Å². The van der Waals surface area contributed by atoms with Gasteiger partial charge in [-0.15, -0.1) is 0 Å². The van der Waals surface area contributed by atoms with E-state index in [-0.39, 0.29) is 0 Å². The minimum absolute atomic E-state index is 0.391. The Morgan fingerprint density at radius 3 is 2.69 bits per heavy atom. The Morgan fingerprint density at radius 2 is 1.83 bits per heavy atom. The number of aryl methyl sites for hydroxylation is 1. The molecule has 0 radical (unpaired) electrons. The van der Waals surface area contributed by atoms with E-state index in [0.717, 1.165) is 23.5 Å². The topological polar surface area (TPSA) is 42.7 Å². The maximum Gasteiger partial charge on any atom is 0.0988 e. The summed E-state index contributed by atoms with van der Waals surface area (Å²) in [6, 6.07) is 23.5. The van der Waals surface area contributed by atoms with Crippen LogP contribution in [0, 0.1) is 0 Å². The molecule has 4 nitrogen and oxygen atoms in total. The van der Waals surface area contributed by atoms with Crippen LogP contribution in [0.3, 0.4) is 0 Å². The minimum atomic E-state index is 0.391. The van der Waals surface area contributed by atoms with Crippen molar-refractivity contribution in [3.8, 4) is 16.9 Å². The molecule has 144 valence electrons. The number of rotatable bonds is 5. The number of para-hydroxylation sites is 1. The molecular weight excluding hydrogens is 356 g/mol. The van der Waals surface area contributed by atoms with Crippen molar-refractivity contribution in [2.75, 3.05) is 0 Å². The van der Waals surface area contributed by atoms with Gasteiger partial charge < -0.3 is 5.32 Å². The highest BCUT2D eigenvalue weighted by molar-refractivity contribution is 5.62. The molecule has 0 bridgehead atoms. The molecular formula is C25H24N4. The molecule has 5 rings (SSSR count). The average molecular weight is 380 g/mol. The predicted molar refractivity (Wildman–Crippen MR) is 116 cm³/mol. The van der Waals surface area contributed by atoms with E-state index in [0.29, 0.717) is 6.04 Å². The van der Waals surface area contributed by atoms with Gasteiger partial charge in [0, 0.05) is 42.3 Å². The second-order valence-corrected chi connectivity index (χ2v) is 7.55. The quantitative estimate of drug-likeness (QED) is 0.524. The third-order valence-electron chi connectivity index (χ3n) is 5.65. The predicted octanol–water partition coefficient (Wildman–Crippen LogP) is 5.10. The number of nitrogens with zero attached hydrogens (tertiary/aromatic N) is 3. The highest BCUT2D eigenvalue weighted by Gasteiger charge is 2.20. The van der Waals surface area contributed by atoms with Crippen LogP contribution in [0.5, 0.6) is 0 Å². The summed E-state index contributed by atoms with van der Waals surface area (Å²) >= 11 is 0.